The van der Waals surface area contributed by atoms with Crippen LogP contribution in [-0.2, 0) is 6.42 Å². The highest BCUT2D eigenvalue weighted by atomic mass is 32.1. The summed E-state index contributed by atoms with van der Waals surface area (Å²) in [5.74, 6) is -0.800. The summed E-state index contributed by atoms with van der Waals surface area (Å²) in [6.45, 7) is 3.41. The fourth-order valence-corrected chi connectivity index (χ4v) is 3.04. The molecule has 0 aliphatic carbocycles. The van der Waals surface area contributed by atoms with Gasteiger partial charge in [0.15, 0.2) is 5.76 Å². The highest BCUT2D eigenvalue weighted by molar-refractivity contribution is 7.17. The molecule has 142 valence electrons. The van der Waals surface area contributed by atoms with Crippen molar-refractivity contribution >= 4 is 22.4 Å². The molecular weight excluding hydrogens is 374 g/mol. The van der Waals surface area contributed by atoms with Gasteiger partial charge in [-0.2, -0.15) is 5.10 Å². The fraction of sp³-hybridized carbons (Fsp3) is 0.312. The van der Waals surface area contributed by atoms with Gasteiger partial charge in [-0.15, -0.1) is 10.2 Å². The van der Waals surface area contributed by atoms with Crippen molar-refractivity contribution < 1.29 is 19.1 Å². The number of hydrogen-bond donors (Lipinski definition) is 2. The molecule has 0 aromatic carbocycles. The molecule has 0 radical (unpaired) electrons. The Morgan fingerprint density at radius 1 is 1.44 bits per heavy atom. The number of carbonyl (C=O) groups is 1. The summed E-state index contributed by atoms with van der Waals surface area (Å²) < 4.78 is 11.8. The third kappa shape index (κ3) is 4.04. The van der Waals surface area contributed by atoms with E-state index in [9.17, 15) is 9.59 Å². The predicted molar refractivity (Wildman–Crippen MR) is 96.7 cm³/mol. The minimum atomic E-state index is -0.780. The summed E-state index contributed by atoms with van der Waals surface area (Å²) >= 11 is 1.13. The highest BCUT2D eigenvalue weighted by Crippen LogP contribution is 2.21. The molecule has 1 amide bonds. The number of hydrogen-bond acceptors (Lipinski definition) is 9. The molecule has 3 aromatic rings. The maximum atomic E-state index is 12.4. The molecule has 0 saturated heterocycles. The summed E-state index contributed by atoms with van der Waals surface area (Å²) in [5.41, 5.74) is 0.606. The monoisotopic (exact) mass is 391 g/mol. The van der Waals surface area contributed by atoms with Crippen LogP contribution in [-0.4, -0.2) is 44.2 Å². The van der Waals surface area contributed by atoms with Crippen molar-refractivity contribution in [1.82, 2.24) is 20.0 Å². The number of carbonyl (C=O) groups excluding carboxylic acids is 1. The Bertz CT molecular complexity index is 1010. The Morgan fingerprint density at radius 2 is 2.26 bits per heavy atom. The van der Waals surface area contributed by atoms with Crippen molar-refractivity contribution in [3.63, 3.8) is 0 Å². The van der Waals surface area contributed by atoms with E-state index in [-0.39, 0.29) is 29.9 Å². The van der Waals surface area contributed by atoms with E-state index in [0.29, 0.717) is 17.1 Å². The zero-order valence-corrected chi connectivity index (χ0v) is 15.4. The van der Waals surface area contributed by atoms with Gasteiger partial charge in [0.1, 0.15) is 6.61 Å². The molecule has 3 heterocycles. The number of nitrogens with zero attached hydrogens (tertiary/aromatic N) is 4. The van der Waals surface area contributed by atoms with Crippen molar-refractivity contribution in [3.05, 3.63) is 45.8 Å². The smallest absolute Gasteiger partial charge is 0.379 e. The lowest BCUT2D eigenvalue weighted by Gasteiger charge is -2.09. The van der Waals surface area contributed by atoms with E-state index in [1.165, 1.54) is 6.07 Å². The molecule has 10 nitrogen and oxygen atoms in total. The minimum Gasteiger partial charge on any atom is -0.484 e. The molecule has 0 aliphatic heterocycles. The third-order valence-electron chi connectivity index (χ3n) is 3.58. The number of amides is 1. The van der Waals surface area contributed by atoms with Crippen LogP contribution in [0.5, 0.6) is 5.75 Å². The van der Waals surface area contributed by atoms with E-state index < -0.39 is 11.5 Å². The maximum absolute atomic E-state index is 12.4. The van der Waals surface area contributed by atoms with E-state index in [1.54, 1.807) is 10.9 Å². The Morgan fingerprint density at radius 3 is 2.93 bits per heavy atom. The lowest BCUT2D eigenvalue weighted by molar-refractivity contribution is 0.0990. The van der Waals surface area contributed by atoms with Crippen LogP contribution in [0.15, 0.2) is 27.5 Å². The van der Waals surface area contributed by atoms with Gasteiger partial charge in [0.2, 0.25) is 16.0 Å². The molecule has 0 saturated carbocycles. The predicted octanol–water partition coefficient (Wildman–Crippen LogP) is 1.17. The normalized spacial score (nSPS) is 10.8. The lowest BCUT2D eigenvalue weighted by atomic mass is 10.1. The molecule has 0 atom stereocenters. The van der Waals surface area contributed by atoms with Crippen LogP contribution in [0.3, 0.4) is 0 Å². The van der Waals surface area contributed by atoms with Crippen molar-refractivity contribution in [1.29, 1.82) is 0 Å². The first kappa shape index (κ1) is 18.7. The number of nitrogens with one attached hydrogen (secondary N) is 1. The zero-order chi connectivity index (χ0) is 19.4. The van der Waals surface area contributed by atoms with Crippen LogP contribution in [0.1, 0.15) is 28.7 Å². The summed E-state index contributed by atoms with van der Waals surface area (Å²) in [7, 11) is 0. The molecule has 3 aromatic heterocycles. The number of aliphatic hydroxyl groups is 1. The van der Waals surface area contributed by atoms with Gasteiger partial charge in [0.05, 0.1) is 6.61 Å². The molecule has 0 aliphatic rings. The van der Waals surface area contributed by atoms with Gasteiger partial charge in [-0.1, -0.05) is 18.3 Å². The van der Waals surface area contributed by atoms with Crippen LogP contribution in [0.25, 0.3) is 5.13 Å². The first-order valence-electron chi connectivity index (χ1n) is 8.10. The van der Waals surface area contributed by atoms with Gasteiger partial charge in [-0.3, -0.25) is 10.1 Å². The Hall–Kier alpha value is -3.05. The number of rotatable bonds is 7. The fourth-order valence-electron chi connectivity index (χ4n) is 2.28. The minimum absolute atomic E-state index is 0.00420. The number of ether oxygens (including phenoxy) is 1. The van der Waals surface area contributed by atoms with E-state index in [1.807, 2.05) is 19.9 Å². The average molecular weight is 391 g/mol. The number of aromatic nitrogens is 4. The van der Waals surface area contributed by atoms with Gasteiger partial charge in [-0.05, 0) is 25.5 Å². The van der Waals surface area contributed by atoms with Crippen LogP contribution in [0.2, 0.25) is 0 Å². The van der Waals surface area contributed by atoms with Gasteiger partial charge in [0, 0.05) is 17.5 Å². The second-order valence-electron chi connectivity index (χ2n) is 5.41. The first-order valence-corrected chi connectivity index (χ1v) is 8.91. The van der Waals surface area contributed by atoms with Crippen LogP contribution in [0, 0.1) is 6.92 Å². The summed E-state index contributed by atoms with van der Waals surface area (Å²) in [4.78, 5) is 24.5. The van der Waals surface area contributed by atoms with E-state index >= 15 is 0 Å². The SMILES string of the molecule is CCc1cc(C(=O)Nc2nnc(-n3nccc3C)s2)oc(=O)c1OCCO. The Kier molecular flexibility index (Phi) is 5.62. The number of aliphatic hydroxyl groups excluding tert-OH is 1. The van der Waals surface area contributed by atoms with Crippen molar-refractivity contribution in [3.8, 4) is 10.9 Å². The summed E-state index contributed by atoms with van der Waals surface area (Å²) in [6, 6.07) is 3.25. The van der Waals surface area contributed by atoms with Crippen molar-refractivity contribution in [2.75, 3.05) is 18.5 Å². The van der Waals surface area contributed by atoms with Crippen LogP contribution < -0.4 is 15.7 Å². The molecule has 2 N–H and O–H groups in total. The van der Waals surface area contributed by atoms with Crippen molar-refractivity contribution in [2.45, 2.75) is 20.3 Å². The Labute approximate surface area is 157 Å². The Balaban J connectivity index is 1.80. The van der Waals surface area contributed by atoms with E-state index in [4.69, 9.17) is 14.3 Å². The number of anilines is 1. The number of aryl methyl sites for hydroxylation is 2. The largest absolute Gasteiger partial charge is 0.484 e. The second-order valence-corrected chi connectivity index (χ2v) is 6.36. The molecule has 27 heavy (non-hydrogen) atoms. The summed E-state index contributed by atoms with van der Waals surface area (Å²) in [6.07, 6.45) is 2.09. The van der Waals surface area contributed by atoms with Gasteiger partial charge < -0.3 is 14.3 Å². The van der Waals surface area contributed by atoms with Crippen LogP contribution >= 0.6 is 11.3 Å². The van der Waals surface area contributed by atoms with Crippen molar-refractivity contribution in [2.24, 2.45) is 0 Å². The standard InChI is InChI=1S/C16H17N5O5S/c1-3-10-8-11(26-14(24)12(10)25-7-6-22)13(23)18-15-19-20-16(27-15)21-9(2)4-5-17-21/h4-5,8,22H,3,6-7H2,1-2H3,(H,18,19,23). The molecule has 0 bridgehead atoms. The average Bonchev–Trinajstić information content (AvgIpc) is 3.28. The quantitative estimate of drug-likeness (QED) is 0.613. The lowest BCUT2D eigenvalue weighted by Crippen LogP contribution is -2.18. The van der Waals surface area contributed by atoms with E-state index in [0.717, 1.165) is 17.0 Å². The second kappa shape index (κ2) is 8.10. The third-order valence-corrected chi connectivity index (χ3v) is 4.39. The van der Waals surface area contributed by atoms with Crippen LogP contribution in [0.4, 0.5) is 5.13 Å². The topological polar surface area (TPSA) is 132 Å². The highest BCUT2D eigenvalue weighted by Gasteiger charge is 2.19. The molecule has 0 unspecified atom stereocenters. The maximum Gasteiger partial charge on any atom is 0.379 e. The molecule has 11 heteroatoms. The molecule has 3 rings (SSSR count). The molecule has 0 spiro atoms. The van der Waals surface area contributed by atoms with Gasteiger partial charge >= 0.3 is 5.63 Å². The summed E-state index contributed by atoms with van der Waals surface area (Å²) in [5, 5.41) is 24.1. The van der Waals surface area contributed by atoms with Gasteiger partial charge in [0.25, 0.3) is 5.91 Å². The first-order chi connectivity index (χ1) is 13.0. The van der Waals surface area contributed by atoms with Gasteiger partial charge in [-0.25, -0.2) is 9.48 Å². The molecule has 0 fully saturated rings. The molecular formula is C16H17N5O5S. The van der Waals surface area contributed by atoms with E-state index in [2.05, 4.69) is 20.6 Å². The zero-order valence-electron chi connectivity index (χ0n) is 14.6.